The van der Waals surface area contributed by atoms with Gasteiger partial charge in [-0.1, -0.05) is 73.1 Å². The zero-order chi connectivity index (χ0) is 23.4. The second-order valence-corrected chi connectivity index (χ2v) is 8.59. The van der Waals surface area contributed by atoms with Gasteiger partial charge in [-0.2, -0.15) is 0 Å². The molecule has 0 saturated carbocycles. The molecule has 0 bridgehead atoms. The molecule has 6 nitrogen and oxygen atoms in total. The van der Waals surface area contributed by atoms with Crippen molar-refractivity contribution >= 4 is 51.1 Å². The molecule has 33 heavy (non-hydrogen) atoms. The van der Waals surface area contributed by atoms with Crippen molar-refractivity contribution in [3.63, 3.8) is 0 Å². The Morgan fingerprint density at radius 3 is 2.52 bits per heavy atom. The highest BCUT2D eigenvalue weighted by atomic mass is 35.5. The molecule has 0 radical (unpaired) electrons. The zero-order valence-corrected chi connectivity index (χ0v) is 19.4. The molecule has 0 aliphatic heterocycles. The van der Waals surface area contributed by atoms with Gasteiger partial charge in [0.15, 0.2) is 0 Å². The molecule has 2 atom stereocenters. The Hall–Kier alpha value is -3.26. The van der Waals surface area contributed by atoms with E-state index in [2.05, 4.69) is 10.3 Å². The number of pyridine rings is 1. The highest BCUT2D eigenvalue weighted by molar-refractivity contribution is 7.81. The molecule has 0 spiro atoms. The molecule has 1 heterocycles. The van der Waals surface area contributed by atoms with Crippen molar-refractivity contribution in [2.45, 2.75) is 19.4 Å². The van der Waals surface area contributed by atoms with E-state index in [1.54, 1.807) is 42.6 Å². The van der Waals surface area contributed by atoms with Crippen molar-refractivity contribution in [3.8, 4) is 0 Å². The van der Waals surface area contributed by atoms with Crippen LogP contribution in [0, 0.1) is 0 Å². The number of halogens is 1. The van der Waals surface area contributed by atoms with Crippen LogP contribution in [0.15, 0.2) is 85.1 Å². The summed E-state index contributed by atoms with van der Waals surface area (Å²) in [6, 6.07) is 23.2. The molecule has 0 fully saturated rings. The van der Waals surface area contributed by atoms with Crippen LogP contribution in [-0.2, 0) is 11.3 Å². The lowest BCUT2D eigenvalue weighted by molar-refractivity contribution is 0.0936. The van der Waals surface area contributed by atoms with Gasteiger partial charge in [0, 0.05) is 11.6 Å². The summed E-state index contributed by atoms with van der Waals surface area (Å²) in [6.07, 6.45) is 2.28. The summed E-state index contributed by atoms with van der Waals surface area (Å²) in [5, 5.41) is 3.99. The molecule has 1 aromatic heterocycles. The number of rotatable bonds is 7. The van der Waals surface area contributed by atoms with E-state index in [0.717, 1.165) is 15.3 Å². The zero-order valence-electron chi connectivity index (χ0n) is 17.8. The third-order valence-electron chi connectivity index (χ3n) is 5.34. The van der Waals surface area contributed by atoms with Gasteiger partial charge in [-0.3, -0.25) is 14.3 Å². The number of carbonyl (C=O) groups excluding carboxylic acids is 1. The van der Waals surface area contributed by atoms with Gasteiger partial charge in [-0.05, 0) is 36.2 Å². The van der Waals surface area contributed by atoms with Gasteiger partial charge in [-0.15, -0.1) is 0 Å². The molecule has 4 rings (SSSR count). The predicted molar refractivity (Wildman–Crippen MR) is 133 cm³/mol. The fraction of sp³-hybridized carbons (Fsp3) is 0.120. The molecule has 2 N–H and O–H groups in total. The maximum absolute atomic E-state index is 13.4. The normalized spacial score (nSPS) is 12.8. The Balaban J connectivity index is 1.81. The molecule has 0 saturated heterocycles. The summed E-state index contributed by atoms with van der Waals surface area (Å²) >= 11 is 3.99. The maximum atomic E-state index is 13.4. The third-order valence-corrected chi connectivity index (χ3v) is 6.33. The van der Waals surface area contributed by atoms with E-state index in [0.29, 0.717) is 17.6 Å². The smallest absolute Gasteiger partial charge is 0.266 e. The first-order valence-electron chi connectivity index (χ1n) is 10.4. The lowest BCUT2D eigenvalue weighted by Gasteiger charge is -2.25. The number of carbonyl (C=O) groups is 1. The van der Waals surface area contributed by atoms with Crippen LogP contribution in [0.2, 0.25) is 5.02 Å². The van der Waals surface area contributed by atoms with Crippen LogP contribution in [-0.4, -0.2) is 19.7 Å². The predicted octanol–water partition coefficient (Wildman–Crippen LogP) is 6.04. The van der Waals surface area contributed by atoms with Crippen LogP contribution in [0.1, 0.15) is 35.3 Å². The van der Waals surface area contributed by atoms with Gasteiger partial charge in [0.2, 0.25) is 0 Å². The summed E-state index contributed by atoms with van der Waals surface area (Å²) in [5.74, 6) is -0.396. The third kappa shape index (κ3) is 4.75. The van der Waals surface area contributed by atoms with Crippen LogP contribution in [0.4, 0.5) is 11.4 Å². The number of hydrogen-bond donors (Lipinski definition) is 2. The molecule has 2 unspecified atom stereocenters. The van der Waals surface area contributed by atoms with Crippen molar-refractivity contribution in [3.05, 3.63) is 101 Å². The Bertz CT molecular complexity index is 1310. The molecule has 0 aliphatic carbocycles. The summed E-state index contributed by atoms with van der Waals surface area (Å²) in [7, 11) is 0. The van der Waals surface area contributed by atoms with Crippen molar-refractivity contribution in [1.29, 1.82) is 0 Å². The first kappa shape index (κ1) is 22.9. The molecule has 0 aliphatic rings. The van der Waals surface area contributed by atoms with Gasteiger partial charge < -0.3 is 5.32 Å². The monoisotopic (exact) mass is 479 g/mol. The van der Waals surface area contributed by atoms with Crippen molar-refractivity contribution in [2.24, 2.45) is 0 Å². The first-order valence-corrected chi connectivity index (χ1v) is 11.8. The molecule has 168 valence electrons. The Kier molecular flexibility index (Phi) is 7.03. The van der Waals surface area contributed by atoms with E-state index < -0.39 is 17.2 Å². The Labute approximate surface area is 199 Å². The average molecular weight is 480 g/mol. The number of fused-ring (bicyclic) bond motifs is 1. The second-order valence-electron chi connectivity index (χ2n) is 7.36. The van der Waals surface area contributed by atoms with Crippen molar-refractivity contribution in [2.75, 3.05) is 4.31 Å². The lowest BCUT2D eigenvalue weighted by Crippen LogP contribution is -2.30. The summed E-state index contributed by atoms with van der Waals surface area (Å²) in [5.41, 5.74) is 2.18. The van der Waals surface area contributed by atoms with Crippen molar-refractivity contribution in [1.82, 2.24) is 10.3 Å². The van der Waals surface area contributed by atoms with Gasteiger partial charge in [0.1, 0.15) is 0 Å². The van der Waals surface area contributed by atoms with Crippen LogP contribution in [0.5, 0.6) is 0 Å². The van der Waals surface area contributed by atoms with Gasteiger partial charge in [0.25, 0.3) is 17.2 Å². The van der Waals surface area contributed by atoms with Crippen molar-refractivity contribution < 1.29 is 13.6 Å². The molecular weight excluding hydrogens is 458 g/mol. The topological polar surface area (TPSA) is 82.5 Å². The van der Waals surface area contributed by atoms with E-state index in [1.165, 1.54) is 0 Å². The standard InChI is InChI=1S/C25H22ClN3O3S/c1-2-21(17-9-4-3-5-10-17)28-25(30)19-13-7-14-20(26)24(19)29(33(31)32)22-15-6-11-18-12-8-16-27-23(18)22/h3-16,21H,2H2,1H3,(H,28,30)(H,31,32). The van der Waals surface area contributed by atoms with E-state index in [9.17, 15) is 13.6 Å². The molecule has 1 amide bonds. The van der Waals surface area contributed by atoms with Gasteiger partial charge in [-0.25, -0.2) is 8.51 Å². The van der Waals surface area contributed by atoms with E-state index in [4.69, 9.17) is 11.6 Å². The number of benzene rings is 3. The van der Waals surface area contributed by atoms with Gasteiger partial charge >= 0.3 is 0 Å². The van der Waals surface area contributed by atoms with Crippen LogP contribution < -0.4 is 9.62 Å². The quantitative estimate of drug-likeness (QED) is 0.316. The minimum absolute atomic E-state index is 0.138. The fourth-order valence-corrected chi connectivity index (χ4v) is 4.76. The number of nitrogens with one attached hydrogen (secondary N) is 1. The SMILES string of the molecule is CCC(NC(=O)c1cccc(Cl)c1N(c1cccc2cccnc12)S(=O)O)c1ccccc1. The maximum Gasteiger partial charge on any atom is 0.266 e. The molecule has 4 aromatic rings. The number of anilines is 2. The van der Waals surface area contributed by atoms with E-state index in [-0.39, 0.29) is 22.3 Å². The number of amides is 1. The average Bonchev–Trinajstić information content (AvgIpc) is 2.84. The van der Waals surface area contributed by atoms with E-state index >= 15 is 0 Å². The summed E-state index contributed by atoms with van der Waals surface area (Å²) in [4.78, 5) is 17.8. The minimum Gasteiger partial charge on any atom is -0.345 e. The minimum atomic E-state index is -2.52. The number of para-hydroxylation sites is 2. The number of nitrogens with zero attached hydrogens (tertiary/aromatic N) is 2. The van der Waals surface area contributed by atoms with Crippen LogP contribution >= 0.6 is 11.6 Å². The van der Waals surface area contributed by atoms with Crippen LogP contribution in [0.25, 0.3) is 10.9 Å². The Morgan fingerprint density at radius 2 is 1.79 bits per heavy atom. The highest BCUT2D eigenvalue weighted by Gasteiger charge is 2.27. The van der Waals surface area contributed by atoms with Crippen LogP contribution in [0.3, 0.4) is 0 Å². The number of aromatic nitrogens is 1. The number of hydrogen-bond acceptors (Lipinski definition) is 3. The molecular formula is C25H22ClN3O3S. The Morgan fingerprint density at radius 1 is 1.06 bits per heavy atom. The molecule has 8 heteroatoms. The first-order chi connectivity index (χ1) is 16.0. The molecule has 3 aromatic carbocycles. The summed E-state index contributed by atoms with van der Waals surface area (Å²) < 4.78 is 24.0. The summed E-state index contributed by atoms with van der Waals surface area (Å²) in [6.45, 7) is 1.98. The fourth-order valence-electron chi connectivity index (χ4n) is 3.78. The highest BCUT2D eigenvalue weighted by Crippen LogP contribution is 2.39. The second kappa shape index (κ2) is 10.1. The lowest BCUT2D eigenvalue weighted by atomic mass is 10.0. The van der Waals surface area contributed by atoms with Gasteiger partial charge in [0.05, 0.1) is 33.5 Å². The largest absolute Gasteiger partial charge is 0.345 e. The van der Waals surface area contributed by atoms with E-state index in [1.807, 2.05) is 49.4 Å².